The highest BCUT2D eigenvalue weighted by Gasteiger charge is 2.12. The summed E-state index contributed by atoms with van der Waals surface area (Å²) in [6, 6.07) is 20.1. The number of fused-ring (bicyclic) bond motifs is 8. The molecule has 22 heavy (non-hydrogen) atoms. The Kier molecular flexibility index (Phi) is 2.09. The van der Waals surface area contributed by atoms with Gasteiger partial charge in [-0.05, 0) is 42.5 Å². The van der Waals surface area contributed by atoms with E-state index >= 15 is 0 Å². The average molecular weight is 284 g/mol. The van der Waals surface area contributed by atoms with Crippen LogP contribution >= 0.6 is 0 Å². The minimum Gasteiger partial charge on any atom is -0.508 e. The molecule has 0 bridgehead atoms. The van der Waals surface area contributed by atoms with Gasteiger partial charge < -0.3 is 9.51 Å². The first kappa shape index (κ1) is 11.6. The van der Waals surface area contributed by atoms with Crippen molar-refractivity contribution < 1.29 is 5.11 Å². The van der Waals surface area contributed by atoms with Crippen LogP contribution in [0.2, 0.25) is 0 Å². The highest BCUT2D eigenvalue weighted by molar-refractivity contribution is 6.14. The predicted molar refractivity (Wildman–Crippen MR) is 89.4 cm³/mol. The van der Waals surface area contributed by atoms with Crippen LogP contribution < -0.4 is 0 Å². The summed E-state index contributed by atoms with van der Waals surface area (Å²) in [5.74, 6) is 0.264. The lowest BCUT2D eigenvalue weighted by Gasteiger charge is -2.09. The van der Waals surface area contributed by atoms with Crippen molar-refractivity contribution in [2.24, 2.45) is 0 Å². The molecule has 3 heterocycles. The first-order valence-corrected chi connectivity index (χ1v) is 7.22. The van der Waals surface area contributed by atoms with Gasteiger partial charge in [0.1, 0.15) is 5.75 Å². The third-order valence-corrected chi connectivity index (χ3v) is 4.27. The second-order valence-electron chi connectivity index (χ2n) is 5.52. The van der Waals surface area contributed by atoms with Gasteiger partial charge in [-0.25, -0.2) is 0 Å². The van der Waals surface area contributed by atoms with Gasteiger partial charge in [0.15, 0.2) is 0 Å². The summed E-state index contributed by atoms with van der Waals surface area (Å²) in [6.45, 7) is 0. The highest BCUT2D eigenvalue weighted by atomic mass is 16.3. The maximum atomic E-state index is 9.87. The van der Waals surface area contributed by atoms with Gasteiger partial charge in [-0.1, -0.05) is 18.2 Å². The van der Waals surface area contributed by atoms with E-state index in [0.29, 0.717) is 0 Å². The van der Waals surface area contributed by atoms with E-state index in [1.54, 1.807) is 18.3 Å². The van der Waals surface area contributed by atoms with E-state index in [2.05, 4.69) is 45.8 Å². The van der Waals surface area contributed by atoms with Gasteiger partial charge in [0.2, 0.25) is 0 Å². The Morgan fingerprint density at radius 3 is 2.59 bits per heavy atom. The molecule has 0 aliphatic rings. The fourth-order valence-corrected chi connectivity index (χ4v) is 3.35. The van der Waals surface area contributed by atoms with Gasteiger partial charge in [0, 0.05) is 22.4 Å². The topological polar surface area (TPSA) is 37.5 Å². The molecule has 0 aliphatic heterocycles. The molecule has 0 spiro atoms. The predicted octanol–water partition coefficient (Wildman–Crippen LogP) is 4.50. The molecule has 3 nitrogen and oxygen atoms in total. The molecule has 5 aromatic rings. The SMILES string of the molecule is Oc1ccc2c(c1)c1ncccc1n1c3ccccc3cc21. The normalized spacial score (nSPS) is 11.8. The first-order valence-electron chi connectivity index (χ1n) is 7.22. The summed E-state index contributed by atoms with van der Waals surface area (Å²) in [5.41, 5.74) is 4.27. The van der Waals surface area contributed by atoms with Crippen LogP contribution in [0.5, 0.6) is 5.75 Å². The van der Waals surface area contributed by atoms with Gasteiger partial charge in [-0.3, -0.25) is 4.98 Å². The van der Waals surface area contributed by atoms with Crippen LogP contribution in [0.3, 0.4) is 0 Å². The number of rotatable bonds is 0. The van der Waals surface area contributed by atoms with Crippen LogP contribution in [0, 0.1) is 0 Å². The zero-order valence-electron chi connectivity index (χ0n) is 11.7. The maximum Gasteiger partial charge on any atom is 0.116 e. The number of aromatic nitrogens is 2. The van der Waals surface area contributed by atoms with Crippen molar-refractivity contribution >= 4 is 38.2 Å². The summed E-state index contributed by atoms with van der Waals surface area (Å²) in [5, 5.41) is 13.1. The van der Waals surface area contributed by atoms with Crippen molar-refractivity contribution in [3.05, 3.63) is 66.9 Å². The molecule has 0 amide bonds. The number of benzene rings is 2. The van der Waals surface area contributed by atoms with Gasteiger partial charge >= 0.3 is 0 Å². The summed E-state index contributed by atoms with van der Waals surface area (Å²) in [7, 11) is 0. The van der Waals surface area contributed by atoms with Crippen molar-refractivity contribution in [2.75, 3.05) is 0 Å². The number of hydrogen-bond donors (Lipinski definition) is 1. The molecule has 2 aromatic carbocycles. The van der Waals surface area contributed by atoms with Crippen molar-refractivity contribution in [3.8, 4) is 5.75 Å². The lowest BCUT2D eigenvalue weighted by atomic mass is 10.1. The highest BCUT2D eigenvalue weighted by Crippen LogP contribution is 2.34. The molecule has 104 valence electrons. The second-order valence-corrected chi connectivity index (χ2v) is 5.52. The maximum absolute atomic E-state index is 9.87. The van der Waals surface area contributed by atoms with Gasteiger partial charge in [-0.2, -0.15) is 0 Å². The van der Waals surface area contributed by atoms with E-state index in [-0.39, 0.29) is 5.75 Å². The summed E-state index contributed by atoms with van der Waals surface area (Å²) in [4.78, 5) is 4.56. The standard InChI is InChI=1S/C19H12N2O/c22-13-7-8-14-15(11-13)19-17(6-3-9-20-19)21-16-5-2-1-4-12(16)10-18(14)21/h1-11,22H. The Morgan fingerprint density at radius 1 is 0.773 bits per heavy atom. The molecule has 3 aromatic heterocycles. The van der Waals surface area contributed by atoms with Crippen molar-refractivity contribution in [2.45, 2.75) is 0 Å². The molecular formula is C19H12N2O. The van der Waals surface area contributed by atoms with E-state index in [0.717, 1.165) is 27.3 Å². The first-order chi connectivity index (χ1) is 10.8. The Balaban J connectivity index is 2.22. The van der Waals surface area contributed by atoms with Crippen LogP contribution in [0.1, 0.15) is 0 Å². The van der Waals surface area contributed by atoms with Crippen molar-refractivity contribution in [1.82, 2.24) is 9.38 Å². The molecule has 0 aliphatic carbocycles. The smallest absolute Gasteiger partial charge is 0.116 e. The number of para-hydroxylation sites is 1. The number of hydrogen-bond acceptors (Lipinski definition) is 2. The number of phenols is 1. The molecule has 0 saturated heterocycles. The van der Waals surface area contributed by atoms with Crippen LogP contribution in [-0.2, 0) is 0 Å². The molecule has 3 heteroatoms. The number of aromatic hydroxyl groups is 1. The zero-order valence-corrected chi connectivity index (χ0v) is 11.7. The van der Waals surface area contributed by atoms with E-state index in [1.807, 2.05) is 12.1 Å². The van der Waals surface area contributed by atoms with Crippen molar-refractivity contribution in [3.63, 3.8) is 0 Å². The quantitative estimate of drug-likeness (QED) is 0.425. The lowest BCUT2D eigenvalue weighted by Crippen LogP contribution is -1.92. The van der Waals surface area contributed by atoms with Crippen LogP contribution in [-0.4, -0.2) is 14.5 Å². The monoisotopic (exact) mass is 284 g/mol. The van der Waals surface area contributed by atoms with Crippen LogP contribution in [0.25, 0.3) is 38.2 Å². The van der Waals surface area contributed by atoms with Crippen molar-refractivity contribution in [1.29, 1.82) is 0 Å². The molecule has 0 atom stereocenters. The Labute approximate surface area is 126 Å². The van der Waals surface area contributed by atoms with E-state index < -0.39 is 0 Å². The van der Waals surface area contributed by atoms with Gasteiger partial charge in [0.25, 0.3) is 0 Å². The van der Waals surface area contributed by atoms with E-state index in [9.17, 15) is 5.11 Å². The Hall–Kier alpha value is -3.07. The molecule has 0 saturated carbocycles. The summed E-state index contributed by atoms with van der Waals surface area (Å²) >= 11 is 0. The minimum atomic E-state index is 0.264. The van der Waals surface area contributed by atoms with E-state index in [4.69, 9.17) is 0 Å². The molecular weight excluding hydrogens is 272 g/mol. The lowest BCUT2D eigenvalue weighted by molar-refractivity contribution is 0.476. The van der Waals surface area contributed by atoms with Gasteiger partial charge in [-0.15, -0.1) is 0 Å². The van der Waals surface area contributed by atoms with E-state index in [1.165, 1.54) is 10.9 Å². The molecule has 0 radical (unpaired) electrons. The summed E-state index contributed by atoms with van der Waals surface area (Å²) < 4.78 is 2.25. The molecule has 0 unspecified atom stereocenters. The molecule has 0 fully saturated rings. The summed E-state index contributed by atoms with van der Waals surface area (Å²) in [6.07, 6.45) is 1.79. The second kappa shape index (κ2) is 3.98. The largest absolute Gasteiger partial charge is 0.508 e. The average Bonchev–Trinajstić information content (AvgIpc) is 2.94. The van der Waals surface area contributed by atoms with Crippen LogP contribution in [0.15, 0.2) is 66.9 Å². The fraction of sp³-hybridized carbons (Fsp3) is 0. The molecule has 1 N–H and O–H groups in total. The Morgan fingerprint density at radius 2 is 1.64 bits per heavy atom. The third-order valence-electron chi connectivity index (χ3n) is 4.27. The van der Waals surface area contributed by atoms with Gasteiger partial charge in [0.05, 0.1) is 22.1 Å². The fourth-order valence-electron chi connectivity index (χ4n) is 3.35. The molecule has 5 rings (SSSR count). The number of nitrogens with zero attached hydrogens (tertiary/aromatic N) is 2. The third kappa shape index (κ3) is 1.37. The Bertz CT molecular complexity index is 1190. The number of pyridine rings is 2. The zero-order chi connectivity index (χ0) is 14.7. The number of phenolic OH excluding ortho intramolecular Hbond substituents is 1. The minimum absolute atomic E-state index is 0.264. The van der Waals surface area contributed by atoms with Crippen LogP contribution in [0.4, 0.5) is 0 Å².